The van der Waals surface area contributed by atoms with Gasteiger partial charge in [0.2, 0.25) is 0 Å². The summed E-state index contributed by atoms with van der Waals surface area (Å²) in [5.41, 5.74) is 6.38. The predicted octanol–water partition coefficient (Wildman–Crippen LogP) is 1.67. The maximum atomic E-state index is 6.39. The topological polar surface area (TPSA) is 32.5 Å². The van der Waals surface area contributed by atoms with Crippen molar-refractivity contribution in [2.75, 3.05) is 26.7 Å². The van der Waals surface area contributed by atoms with Crippen molar-refractivity contribution in [3.63, 3.8) is 0 Å². The highest BCUT2D eigenvalue weighted by Gasteiger charge is 2.35. The first-order chi connectivity index (χ1) is 8.02. The minimum absolute atomic E-state index is 0.00307. The molecule has 3 heteroatoms. The maximum Gasteiger partial charge on any atom is 0.0254 e. The van der Waals surface area contributed by atoms with Crippen LogP contribution in [0.2, 0.25) is 0 Å². The van der Waals surface area contributed by atoms with Gasteiger partial charge in [0.15, 0.2) is 0 Å². The number of nitrogens with two attached hydrogens (primary N) is 1. The van der Waals surface area contributed by atoms with E-state index in [4.69, 9.17) is 5.73 Å². The molecule has 0 radical (unpaired) electrons. The highest BCUT2D eigenvalue weighted by molar-refractivity contribution is 4.93. The lowest BCUT2D eigenvalue weighted by Gasteiger charge is -2.33. The summed E-state index contributed by atoms with van der Waals surface area (Å²) in [5, 5.41) is 0. The summed E-state index contributed by atoms with van der Waals surface area (Å²) in [6.45, 7) is 7.97. The predicted molar refractivity (Wildman–Crippen MR) is 73.1 cm³/mol. The van der Waals surface area contributed by atoms with Gasteiger partial charge in [0, 0.05) is 30.7 Å². The van der Waals surface area contributed by atoms with Gasteiger partial charge in [-0.3, -0.25) is 9.80 Å². The first-order valence-corrected chi connectivity index (χ1v) is 7.25. The molecule has 0 aromatic heterocycles. The van der Waals surface area contributed by atoms with Crippen LogP contribution in [0.25, 0.3) is 0 Å². The van der Waals surface area contributed by atoms with Crippen LogP contribution in [-0.4, -0.2) is 54.1 Å². The van der Waals surface area contributed by atoms with Crippen molar-refractivity contribution in [1.82, 2.24) is 9.80 Å². The van der Waals surface area contributed by atoms with Crippen LogP contribution in [0, 0.1) is 0 Å². The molecule has 0 aromatic rings. The summed E-state index contributed by atoms with van der Waals surface area (Å²) in [7, 11) is 2.31. The molecule has 0 aliphatic carbocycles. The van der Waals surface area contributed by atoms with E-state index in [-0.39, 0.29) is 5.54 Å². The third-order valence-corrected chi connectivity index (χ3v) is 4.64. The van der Waals surface area contributed by atoms with Gasteiger partial charge < -0.3 is 5.73 Å². The summed E-state index contributed by atoms with van der Waals surface area (Å²) in [6, 6.07) is 1.61. The van der Waals surface area contributed by atoms with Crippen LogP contribution < -0.4 is 5.73 Å². The Morgan fingerprint density at radius 2 is 1.94 bits per heavy atom. The maximum absolute atomic E-state index is 6.39. The summed E-state index contributed by atoms with van der Waals surface area (Å²) in [5.74, 6) is 0. The molecule has 0 saturated carbocycles. The Morgan fingerprint density at radius 1 is 1.24 bits per heavy atom. The zero-order valence-corrected chi connectivity index (χ0v) is 11.8. The lowest BCUT2D eigenvalue weighted by Crippen LogP contribution is -2.49. The molecule has 2 saturated heterocycles. The Hall–Kier alpha value is -0.120. The fourth-order valence-electron chi connectivity index (χ4n) is 3.68. The number of nitrogens with zero attached hydrogens (tertiary/aromatic N) is 2. The SMILES string of the molecule is CCCC(C)(N)CN1CCC2CCC(C1)N2C. The molecule has 2 rings (SSSR count). The summed E-state index contributed by atoms with van der Waals surface area (Å²) >= 11 is 0. The molecule has 3 nitrogen and oxygen atoms in total. The molecule has 2 heterocycles. The summed E-state index contributed by atoms with van der Waals surface area (Å²) in [4.78, 5) is 5.21. The highest BCUT2D eigenvalue weighted by Crippen LogP contribution is 2.29. The van der Waals surface area contributed by atoms with E-state index in [2.05, 4.69) is 30.7 Å². The zero-order chi connectivity index (χ0) is 12.5. The third kappa shape index (κ3) is 3.21. The lowest BCUT2D eigenvalue weighted by molar-refractivity contribution is 0.184. The monoisotopic (exact) mass is 239 g/mol. The normalized spacial score (nSPS) is 34.6. The second kappa shape index (κ2) is 5.25. The van der Waals surface area contributed by atoms with Crippen molar-refractivity contribution in [1.29, 1.82) is 0 Å². The van der Waals surface area contributed by atoms with Crippen LogP contribution in [0.15, 0.2) is 0 Å². The Balaban J connectivity index is 1.91. The first kappa shape index (κ1) is 13.3. The van der Waals surface area contributed by atoms with Crippen molar-refractivity contribution in [2.45, 2.75) is 63.6 Å². The second-order valence-corrected chi connectivity index (χ2v) is 6.48. The van der Waals surface area contributed by atoms with Gasteiger partial charge in [-0.05, 0) is 46.2 Å². The fraction of sp³-hybridized carbons (Fsp3) is 1.00. The van der Waals surface area contributed by atoms with E-state index in [0.717, 1.165) is 25.0 Å². The molecule has 17 heavy (non-hydrogen) atoms. The van der Waals surface area contributed by atoms with E-state index < -0.39 is 0 Å². The number of hydrogen-bond donors (Lipinski definition) is 1. The molecule has 2 fully saturated rings. The molecule has 2 aliphatic rings. The molecular weight excluding hydrogens is 210 g/mol. The van der Waals surface area contributed by atoms with Crippen LogP contribution in [-0.2, 0) is 0 Å². The van der Waals surface area contributed by atoms with Crippen molar-refractivity contribution >= 4 is 0 Å². The number of likely N-dealkylation sites (N-methyl/N-ethyl adjacent to an activating group) is 1. The van der Waals surface area contributed by atoms with Gasteiger partial charge in [0.1, 0.15) is 0 Å². The number of likely N-dealkylation sites (tertiary alicyclic amines) is 1. The van der Waals surface area contributed by atoms with E-state index in [1.165, 1.54) is 38.8 Å². The molecular formula is C14H29N3. The summed E-state index contributed by atoms with van der Waals surface area (Å²) in [6.07, 6.45) is 6.44. The van der Waals surface area contributed by atoms with Crippen LogP contribution in [0.1, 0.15) is 46.0 Å². The van der Waals surface area contributed by atoms with Crippen LogP contribution in [0.3, 0.4) is 0 Å². The Morgan fingerprint density at radius 3 is 2.65 bits per heavy atom. The first-order valence-electron chi connectivity index (χ1n) is 7.25. The Kier molecular flexibility index (Phi) is 4.11. The highest BCUT2D eigenvalue weighted by atomic mass is 15.3. The van der Waals surface area contributed by atoms with Crippen molar-refractivity contribution in [2.24, 2.45) is 5.73 Å². The van der Waals surface area contributed by atoms with E-state index >= 15 is 0 Å². The van der Waals surface area contributed by atoms with E-state index in [0.29, 0.717) is 0 Å². The molecule has 2 N–H and O–H groups in total. The molecule has 3 atom stereocenters. The standard InChI is InChI=1S/C14H29N3/c1-4-8-14(2,15)11-17-9-7-12-5-6-13(10-17)16(12)3/h12-13H,4-11,15H2,1-3H3. The van der Waals surface area contributed by atoms with Gasteiger partial charge in [0.05, 0.1) is 0 Å². The summed E-state index contributed by atoms with van der Waals surface area (Å²) < 4.78 is 0. The number of rotatable bonds is 4. The van der Waals surface area contributed by atoms with Crippen LogP contribution in [0.5, 0.6) is 0 Å². The average Bonchev–Trinajstić information content (AvgIpc) is 2.46. The molecule has 0 aromatic carbocycles. The average molecular weight is 239 g/mol. The fourth-order valence-corrected chi connectivity index (χ4v) is 3.68. The van der Waals surface area contributed by atoms with E-state index in [1.54, 1.807) is 0 Å². The second-order valence-electron chi connectivity index (χ2n) is 6.48. The molecule has 2 aliphatic heterocycles. The van der Waals surface area contributed by atoms with Gasteiger partial charge in [-0.25, -0.2) is 0 Å². The molecule has 100 valence electrons. The molecule has 2 bridgehead atoms. The quantitative estimate of drug-likeness (QED) is 0.810. The van der Waals surface area contributed by atoms with Crippen molar-refractivity contribution < 1.29 is 0 Å². The van der Waals surface area contributed by atoms with E-state index in [9.17, 15) is 0 Å². The third-order valence-electron chi connectivity index (χ3n) is 4.64. The van der Waals surface area contributed by atoms with Gasteiger partial charge in [-0.2, -0.15) is 0 Å². The minimum Gasteiger partial charge on any atom is -0.324 e. The molecule has 0 amide bonds. The zero-order valence-electron chi connectivity index (χ0n) is 11.8. The van der Waals surface area contributed by atoms with Crippen molar-refractivity contribution in [3.8, 4) is 0 Å². The van der Waals surface area contributed by atoms with Gasteiger partial charge in [-0.15, -0.1) is 0 Å². The lowest BCUT2D eigenvalue weighted by atomic mass is 9.96. The largest absolute Gasteiger partial charge is 0.324 e. The van der Waals surface area contributed by atoms with E-state index in [1.807, 2.05) is 0 Å². The van der Waals surface area contributed by atoms with Gasteiger partial charge in [-0.1, -0.05) is 13.3 Å². The van der Waals surface area contributed by atoms with Crippen LogP contribution >= 0.6 is 0 Å². The Bertz CT molecular complexity index is 252. The smallest absolute Gasteiger partial charge is 0.0254 e. The Labute approximate surface area is 106 Å². The van der Waals surface area contributed by atoms with Gasteiger partial charge in [0.25, 0.3) is 0 Å². The molecule has 0 spiro atoms. The van der Waals surface area contributed by atoms with Gasteiger partial charge >= 0.3 is 0 Å². The number of hydrogen-bond acceptors (Lipinski definition) is 3. The molecule has 3 unspecified atom stereocenters. The number of fused-ring (bicyclic) bond motifs is 2. The van der Waals surface area contributed by atoms with Crippen molar-refractivity contribution in [3.05, 3.63) is 0 Å². The van der Waals surface area contributed by atoms with Crippen LogP contribution in [0.4, 0.5) is 0 Å². The minimum atomic E-state index is -0.00307.